The largest absolute Gasteiger partial charge is 0.330 e. The van der Waals surface area contributed by atoms with E-state index in [0.717, 1.165) is 11.8 Å². The van der Waals surface area contributed by atoms with E-state index in [0.29, 0.717) is 0 Å². The van der Waals surface area contributed by atoms with Gasteiger partial charge in [0.25, 0.3) is 0 Å². The Kier molecular flexibility index (Phi) is 11.5. The summed E-state index contributed by atoms with van der Waals surface area (Å²) in [5.74, 6) is 1.68. The van der Waals surface area contributed by atoms with Crippen molar-refractivity contribution in [2.45, 2.75) is 26.7 Å². The van der Waals surface area contributed by atoms with Crippen molar-refractivity contribution in [1.82, 2.24) is 0 Å². The molecule has 0 aromatic heterocycles. The molecule has 1 aliphatic carbocycles. The van der Waals surface area contributed by atoms with E-state index >= 15 is 0 Å². The van der Waals surface area contributed by atoms with Gasteiger partial charge in [0.1, 0.15) is 0 Å². The van der Waals surface area contributed by atoms with Crippen molar-refractivity contribution in [2.75, 3.05) is 0 Å². The Bertz CT molecular complexity index is 55.7. The molecule has 0 aromatic carbocycles. The van der Waals surface area contributed by atoms with E-state index in [4.69, 9.17) is 0 Å². The van der Waals surface area contributed by atoms with Crippen molar-refractivity contribution in [3.63, 3.8) is 0 Å². The molecule has 1 aliphatic rings. The van der Waals surface area contributed by atoms with Crippen molar-refractivity contribution >= 4 is 0 Å². The third-order valence-corrected chi connectivity index (χ3v) is 1.82. The summed E-state index contributed by atoms with van der Waals surface area (Å²) in [6, 6.07) is 0. The van der Waals surface area contributed by atoms with Gasteiger partial charge in [0.15, 0.2) is 0 Å². The van der Waals surface area contributed by atoms with E-state index in [9.17, 15) is 0 Å². The maximum absolute atomic E-state index is 2.42. The van der Waals surface area contributed by atoms with Crippen molar-refractivity contribution in [1.29, 1.82) is 0 Å². The van der Waals surface area contributed by atoms with Gasteiger partial charge in [-0.3, -0.25) is 0 Å². The van der Waals surface area contributed by atoms with Crippen LogP contribution in [0.4, 0.5) is 0 Å². The summed E-state index contributed by atoms with van der Waals surface area (Å²) in [6.07, 6.45) is 7.43. The zero-order chi connectivity index (χ0) is 5.98. The Morgan fingerprint density at radius 2 is 1.20 bits per heavy atom. The quantitative estimate of drug-likeness (QED) is 0.601. The molecule has 2 radical (unpaired) electrons. The maximum Gasteiger partial charge on any atom is 0 e. The number of rotatable bonds is 0. The minimum atomic E-state index is 0. The topological polar surface area (TPSA) is 0 Å². The van der Waals surface area contributed by atoms with Crippen molar-refractivity contribution in [3.8, 4) is 0 Å². The molecule has 2 atom stereocenters. The van der Waals surface area contributed by atoms with E-state index in [1.54, 1.807) is 0 Å². The molecular formula is C8H14Y2-2. The number of hydrogen-bond acceptors (Lipinski definition) is 0. The molecule has 1 fully saturated rings. The first-order valence-electron chi connectivity index (χ1n) is 3.45. The average molecular weight is 288 g/mol. The van der Waals surface area contributed by atoms with Crippen LogP contribution in [-0.2, 0) is 65.4 Å². The van der Waals surface area contributed by atoms with Gasteiger partial charge in [0, 0.05) is 65.4 Å². The summed E-state index contributed by atoms with van der Waals surface area (Å²) in [4.78, 5) is 0. The Morgan fingerprint density at radius 3 is 1.40 bits per heavy atom. The van der Waals surface area contributed by atoms with Crippen molar-refractivity contribution in [3.05, 3.63) is 12.8 Å². The van der Waals surface area contributed by atoms with Gasteiger partial charge < -0.3 is 12.8 Å². The van der Waals surface area contributed by atoms with Crippen LogP contribution in [-0.4, -0.2) is 0 Å². The van der Waals surface area contributed by atoms with Gasteiger partial charge in [-0.1, -0.05) is 13.8 Å². The van der Waals surface area contributed by atoms with Gasteiger partial charge in [-0.2, -0.15) is 11.8 Å². The minimum absolute atomic E-state index is 0. The zero-order valence-corrected chi connectivity index (χ0v) is 12.6. The van der Waals surface area contributed by atoms with Crippen LogP contribution in [0.1, 0.15) is 26.7 Å². The Hall–Kier alpha value is 2.21. The number of hydrogen-bond donors (Lipinski definition) is 0. The molecule has 0 amide bonds. The second-order valence-corrected chi connectivity index (χ2v) is 2.90. The van der Waals surface area contributed by atoms with Gasteiger partial charge in [0.05, 0.1) is 0 Å². The van der Waals surface area contributed by atoms with Gasteiger partial charge in [-0.05, 0) is 0 Å². The Balaban J connectivity index is 0. The summed E-state index contributed by atoms with van der Waals surface area (Å²) in [5, 5.41) is 0. The molecule has 1 rings (SSSR count). The summed E-state index contributed by atoms with van der Waals surface area (Å²) >= 11 is 0. The van der Waals surface area contributed by atoms with Crippen molar-refractivity contribution < 1.29 is 65.4 Å². The maximum atomic E-state index is 2.42. The smallest absolute Gasteiger partial charge is 0 e. The molecule has 0 nitrogen and oxygen atoms in total. The summed E-state index contributed by atoms with van der Waals surface area (Å²) < 4.78 is 0. The summed E-state index contributed by atoms with van der Waals surface area (Å²) in [5.41, 5.74) is 0. The Labute approximate surface area is 115 Å². The van der Waals surface area contributed by atoms with Crippen LogP contribution in [0.15, 0.2) is 0 Å². The van der Waals surface area contributed by atoms with Crippen LogP contribution in [0.25, 0.3) is 0 Å². The molecule has 0 spiro atoms. The second-order valence-electron chi connectivity index (χ2n) is 2.90. The molecule has 54 valence electrons. The zero-order valence-electron chi connectivity index (χ0n) is 6.88. The molecule has 0 heterocycles. The molecule has 0 aliphatic heterocycles. The van der Waals surface area contributed by atoms with Gasteiger partial charge >= 0.3 is 0 Å². The molecule has 0 N–H and O–H groups in total. The standard InChI is InChI=1S/C8H14.2Y/c1-7-3-5-8(2)6-4-7;;/h3,6-8H,4-5H2,1-2H3;;/q-2;;. The van der Waals surface area contributed by atoms with Gasteiger partial charge in [-0.15, -0.1) is 0 Å². The fourth-order valence-electron chi connectivity index (χ4n) is 1.09. The third kappa shape index (κ3) is 5.81. The molecule has 0 bridgehead atoms. The molecule has 2 heteroatoms. The summed E-state index contributed by atoms with van der Waals surface area (Å²) in [7, 11) is 0. The van der Waals surface area contributed by atoms with Gasteiger partial charge in [0.2, 0.25) is 0 Å². The van der Waals surface area contributed by atoms with E-state index < -0.39 is 0 Å². The third-order valence-electron chi connectivity index (χ3n) is 1.82. The monoisotopic (exact) mass is 288 g/mol. The van der Waals surface area contributed by atoms with Crippen LogP contribution in [0, 0.1) is 24.7 Å². The first-order chi connectivity index (χ1) is 3.79. The van der Waals surface area contributed by atoms with Crippen LogP contribution in [0.3, 0.4) is 0 Å². The predicted octanol–water partition coefficient (Wildman–Crippen LogP) is 2.46. The van der Waals surface area contributed by atoms with E-state index in [2.05, 4.69) is 26.7 Å². The van der Waals surface area contributed by atoms with Crippen LogP contribution in [0.5, 0.6) is 0 Å². The van der Waals surface area contributed by atoms with E-state index in [1.165, 1.54) is 12.8 Å². The molecule has 2 unspecified atom stereocenters. The fourth-order valence-corrected chi connectivity index (χ4v) is 1.09. The molecule has 0 aromatic rings. The first-order valence-corrected chi connectivity index (χ1v) is 3.45. The van der Waals surface area contributed by atoms with E-state index in [-0.39, 0.29) is 65.4 Å². The van der Waals surface area contributed by atoms with Crippen LogP contribution in [0.2, 0.25) is 0 Å². The van der Waals surface area contributed by atoms with Gasteiger partial charge in [-0.25, -0.2) is 12.8 Å². The summed E-state index contributed by atoms with van der Waals surface area (Å²) in [6.45, 7) is 4.56. The predicted molar refractivity (Wildman–Crippen MR) is 36.2 cm³/mol. The molecule has 0 saturated heterocycles. The van der Waals surface area contributed by atoms with Crippen molar-refractivity contribution in [2.24, 2.45) is 11.8 Å². The molecule has 10 heavy (non-hydrogen) atoms. The Morgan fingerprint density at radius 1 is 0.900 bits per heavy atom. The second kappa shape index (κ2) is 7.84. The van der Waals surface area contributed by atoms with E-state index in [1.807, 2.05) is 0 Å². The molecular weight excluding hydrogens is 274 g/mol. The van der Waals surface area contributed by atoms with Crippen LogP contribution < -0.4 is 0 Å². The minimum Gasteiger partial charge on any atom is -0.330 e. The molecule has 1 saturated carbocycles. The van der Waals surface area contributed by atoms with Crippen LogP contribution >= 0.6 is 0 Å². The first kappa shape index (κ1) is 14.7. The average Bonchev–Trinajstić information content (AvgIpc) is 1.77. The SMILES string of the molecule is CC1[CH-]CC(C)[CH-]C1.[Y].[Y]. The fraction of sp³-hybridized carbons (Fsp3) is 0.750. The normalized spacial score (nSPS) is 31.8.